The number of carbonyl (C=O) groups is 1. The molecule has 0 aliphatic carbocycles. The molecule has 2 aliphatic rings. The molecule has 4 rings (SSSR count). The van der Waals surface area contributed by atoms with Crippen LogP contribution in [0, 0.1) is 0 Å². The molecule has 32 heavy (non-hydrogen) atoms. The Morgan fingerprint density at radius 1 is 0.812 bits per heavy atom. The highest BCUT2D eigenvalue weighted by molar-refractivity contribution is 7.88. The van der Waals surface area contributed by atoms with Gasteiger partial charge in [0, 0.05) is 31.7 Å². The van der Waals surface area contributed by atoms with Crippen molar-refractivity contribution in [2.75, 3.05) is 26.2 Å². The summed E-state index contributed by atoms with van der Waals surface area (Å²) in [7, 11) is -3.30. The van der Waals surface area contributed by atoms with Crippen LogP contribution in [0.3, 0.4) is 0 Å². The van der Waals surface area contributed by atoms with Crippen LogP contribution in [0.25, 0.3) is 0 Å². The molecule has 7 heteroatoms. The minimum atomic E-state index is -3.30. The third kappa shape index (κ3) is 5.97. The van der Waals surface area contributed by atoms with Gasteiger partial charge in [-0.1, -0.05) is 42.8 Å². The zero-order chi connectivity index (χ0) is 22.4. The summed E-state index contributed by atoms with van der Waals surface area (Å²) >= 11 is 0. The second-order valence-electron chi connectivity index (χ2n) is 8.85. The Morgan fingerprint density at radius 3 is 2.12 bits per heavy atom. The smallest absolute Gasteiger partial charge is 0.251 e. The van der Waals surface area contributed by atoms with Crippen LogP contribution in [0.4, 0.5) is 0 Å². The maximum atomic E-state index is 12.7. The van der Waals surface area contributed by atoms with Gasteiger partial charge in [0.15, 0.2) is 0 Å². The number of piperidine rings is 1. The number of rotatable bonds is 8. The van der Waals surface area contributed by atoms with E-state index in [-0.39, 0.29) is 11.7 Å². The Kier molecular flexibility index (Phi) is 7.60. The highest BCUT2D eigenvalue weighted by Crippen LogP contribution is 2.18. The molecule has 172 valence electrons. The maximum Gasteiger partial charge on any atom is 0.251 e. The van der Waals surface area contributed by atoms with E-state index in [9.17, 15) is 13.2 Å². The van der Waals surface area contributed by atoms with Gasteiger partial charge >= 0.3 is 0 Å². The lowest BCUT2D eigenvalue weighted by atomic mass is 10.1. The van der Waals surface area contributed by atoms with Crippen LogP contribution < -0.4 is 5.32 Å². The average molecular weight is 456 g/mol. The summed E-state index contributed by atoms with van der Waals surface area (Å²) < 4.78 is 26.9. The first-order valence-electron chi connectivity index (χ1n) is 11.7. The van der Waals surface area contributed by atoms with E-state index in [0.29, 0.717) is 30.8 Å². The summed E-state index contributed by atoms with van der Waals surface area (Å²) in [4.78, 5) is 15.1. The van der Waals surface area contributed by atoms with Crippen molar-refractivity contribution in [1.29, 1.82) is 0 Å². The molecule has 2 saturated heterocycles. The normalized spacial score (nSPS) is 18.0. The second kappa shape index (κ2) is 10.6. The van der Waals surface area contributed by atoms with E-state index in [1.165, 1.54) is 18.4 Å². The number of likely N-dealkylation sites (tertiary alicyclic amines) is 1. The van der Waals surface area contributed by atoms with Crippen LogP contribution in [-0.4, -0.2) is 49.7 Å². The molecule has 2 aromatic carbocycles. The molecule has 0 atom stereocenters. The summed E-state index contributed by atoms with van der Waals surface area (Å²) in [5.41, 5.74) is 3.65. The molecule has 0 spiro atoms. The van der Waals surface area contributed by atoms with Crippen molar-refractivity contribution in [3.8, 4) is 0 Å². The summed E-state index contributed by atoms with van der Waals surface area (Å²) in [6.07, 6.45) is 5.47. The topological polar surface area (TPSA) is 69.7 Å². The molecule has 0 unspecified atom stereocenters. The molecule has 0 saturated carbocycles. The number of benzene rings is 2. The fraction of sp³-hybridized carbons (Fsp3) is 0.480. The van der Waals surface area contributed by atoms with Gasteiger partial charge in [-0.15, -0.1) is 0 Å². The van der Waals surface area contributed by atoms with Crippen molar-refractivity contribution in [2.24, 2.45) is 0 Å². The minimum Gasteiger partial charge on any atom is -0.348 e. The number of nitrogens with one attached hydrogen (secondary N) is 1. The summed E-state index contributed by atoms with van der Waals surface area (Å²) in [6.45, 7) is 4.91. The molecular formula is C25H33N3O3S. The van der Waals surface area contributed by atoms with E-state index in [2.05, 4.69) is 22.3 Å². The predicted octanol–water partition coefficient (Wildman–Crippen LogP) is 3.53. The largest absolute Gasteiger partial charge is 0.348 e. The van der Waals surface area contributed by atoms with Crippen LogP contribution >= 0.6 is 0 Å². The fourth-order valence-electron chi connectivity index (χ4n) is 4.54. The van der Waals surface area contributed by atoms with Crippen molar-refractivity contribution in [1.82, 2.24) is 14.5 Å². The third-order valence-corrected chi connectivity index (χ3v) is 8.27. The number of hydrogen-bond acceptors (Lipinski definition) is 4. The summed E-state index contributed by atoms with van der Waals surface area (Å²) in [5, 5.41) is 3.02. The maximum absolute atomic E-state index is 12.7. The highest BCUT2D eigenvalue weighted by Gasteiger charge is 2.24. The van der Waals surface area contributed by atoms with E-state index in [0.717, 1.165) is 44.5 Å². The Bertz CT molecular complexity index is 1010. The molecule has 1 amide bonds. The zero-order valence-electron chi connectivity index (χ0n) is 18.6. The summed E-state index contributed by atoms with van der Waals surface area (Å²) in [5.74, 6) is -0.162. The second-order valence-corrected chi connectivity index (χ2v) is 10.8. The van der Waals surface area contributed by atoms with Gasteiger partial charge in [-0.2, -0.15) is 0 Å². The van der Waals surface area contributed by atoms with Crippen LogP contribution in [0.1, 0.15) is 59.2 Å². The van der Waals surface area contributed by atoms with E-state index < -0.39 is 10.0 Å². The highest BCUT2D eigenvalue weighted by atomic mass is 32.2. The Balaban J connectivity index is 1.33. The quantitative estimate of drug-likeness (QED) is 0.661. The predicted molar refractivity (Wildman–Crippen MR) is 127 cm³/mol. The molecule has 2 fully saturated rings. The Morgan fingerprint density at radius 2 is 1.44 bits per heavy atom. The standard InChI is InChI=1S/C25H33N3O3S/c29-25(26-18-23-8-2-3-9-24(23)19-27-14-6-7-15-27)22-12-10-21(11-13-22)20-32(30,31)28-16-4-1-5-17-28/h2-3,8-13H,1,4-7,14-20H2,(H,26,29). The SMILES string of the molecule is O=C(NCc1ccccc1CN1CCCC1)c1ccc(CS(=O)(=O)N2CCCCC2)cc1. The molecule has 0 aromatic heterocycles. The van der Waals surface area contributed by atoms with Crippen LogP contribution in [0.15, 0.2) is 48.5 Å². The van der Waals surface area contributed by atoms with E-state index in [4.69, 9.17) is 0 Å². The van der Waals surface area contributed by atoms with Gasteiger partial charge < -0.3 is 5.32 Å². The van der Waals surface area contributed by atoms with Crippen LogP contribution in [-0.2, 0) is 28.9 Å². The van der Waals surface area contributed by atoms with Gasteiger partial charge in [-0.05, 0) is 67.6 Å². The summed E-state index contributed by atoms with van der Waals surface area (Å²) in [6, 6.07) is 15.2. The first-order chi connectivity index (χ1) is 15.5. The minimum absolute atomic E-state index is 0.0151. The van der Waals surface area contributed by atoms with Gasteiger partial charge in [-0.3, -0.25) is 9.69 Å². The molecule has 2 aromatic rings. The van der Waals surface area contributed by atoms with Crippen molar-refractivity contribution < 1.29 is 13.2 Å². The Hall–Kier alpha value is -2.22. The molecule has 6 nitrogen and oxygen atoms in total. The van der Waals surface area contributed by atoms with Crippen molar-refractivity contribution in [2.45, 2.75) is 50.9 Å². The van der Waals surface area contributed by atoms with Gasteiger partial charge in [0.1, 0.15) is 0 Å². The van der Waals surface area contributed by atoms with Crippen LogP contribution in [0.5, 0.6) is 0 Å². The van der Waals surface area contributed by atoms with Gasteiger partial charge in [0.2, 0.25) is 10.0 Å². The number of carbonyl (C=O) groups excluding carboxylic acids is 1. The van der Waals surface area contributed by atoms with E-state index in [1.807, 2.05) is 12.1 Å². The number of hydrogen-bond donors (Lipinski definition) is 1. The number of amides is 1. The lowest BCUT2D eigenvalue weighted by Gasteiger charge is -2.25. The van der Waals surface area contributed by atoms with Crippen molar-refractivity contribution in [3.63, 3.8) is 0 Å². The lowest BCUT2D eigenvalue weighted by Crippen LogP contribution is -2.36. The van der Waals surface area contributed by atoms with E-state index >= 15 is 0 Å². The first kappa shape index (κ1) is 23.0. The molecule has 0 bridgehead atoms. The van der Waals surface area contributed by atoms with Crippen LogP contribution in [0.2, 0.25) is 0 Å². The third-order valence-electron chi connectivity index (χ3n) is 6.42. The Labute approximate surface area is 191 Å². The molecule has 2 aliphatic heterocycles. The molecular weight excluding hydrogens is 422 g/mol. The number of sulfonamides is 1. The first-order valence-corrected chi connectivity index (χ1v) is 13.3. The van der Waals surface area contributed by atoms with E-state index in [1.54, 1.807) is 28.6 Å². The average Bonchev–Trinajstić information content (AvgIpc) is 3.32. The van der Waals surface area contributed by atoms with Gasteiger partial charge in [0.05, 0.1) is 5.75 Å². The fourth-order valence-corrected chi connectivity index (χ4v) is 6.15. The number of nitrogens with zero attached hydrogens (tertiary/aromatic N) is 2. The van der Waals surface area contributed by atoms with Gasteiger partial charge in [-0.25, -0.2) is 12.7 Å². The van der Waals surface area contributed by atoms with Gasteiger partial charge in [0.25, 0.3) is 5.91 Å². The zero-order valence-corrected chi connectivity index (χ0v) is 19.4. The molecule has 0 radical (unpaired) electrons. The van der Waals surface area contributed by atoms with Crippen molar-refractivity contribution >= 4 is 15.9 Å². The lowest BCUT2D eigenvalue weighted by molar-refractivity contribution is 0.0950. The molecule has 2 heterocycles. The monoisotopic (exact) mass is 455 g/mol. The van der Waals surface area contributed by atoms with Crippen molar-refractivity contribution in [3.05, 3.63) is 70.8 Å². The molecule has 1 N–H and O–H groups in total.